The molecule has 0 aliphatic carbocycles. The summed E-state index contributed by atoms with van der Waals surface area (Å²) >= 11 is 0. The summed E-state index contributed by atoms with van der Waals surface area (Å²) in [6.45, 7) is 2.41. The Bertz CT molecular complexity index is 451. The van der Waals surface area contributed by atoms with Gasteiger partial charge in [0, 0.05) is 11.8 Å². The maximum absolute atomic E-state index is 10.5. The monoisotopic (exact) mass is 273 g/mol. The number of ether oxygens (including phenoxy) is 2. The van der Waals surface area contributed by atoms with Crippen LogP contribution >= 0.6 is 0 Å². The van der Waals surface area contributed by atoms with Gasteiger partial charge >= 0.3 is 0 Å². The van der Waals surface area contributed by atoms with Crippen LogP contribution in [0.5, 0.6) is 11.5 Å². The van der Waals surface area contributed by atoms with Gasteiger partial charge in [0.05, 0.1) is 13.7 Å². The summed E-state index contributed by atoms with van der Waals surface area (Å²) in [4.78, 5) is 0. The molecule has 0 unspecified atom stereocenters. The first-order valence-corrected chi connectivity index (χ1v) is 7.12. The van der Waals surface area contributed by atoms with Gasteiger partial charge in [0.15, 0.2) is 11.5 Å². The van der Waals surface area contributed by atoms with Crippen molar-refractivity contribution in [1.82, 2.24) is 0 Å². The highest BCUT2D eigenvalue weighted by molar-refractivity contribution is 7.72. The topological polar surface area (TPSA) is 78.6 Å². The lowest BCUT2D eigenvalue weighted by Gasteiger charge is -2.14. The summed E-state index contributed by atoms with van der Waals surface area (Å²) in [5, 5.41) is 0. The van der Waals surface area contributed by atoms with Gasteiger partial charge in [0.1, 0.15) is 10.7 Å². The summed E-state index contributed by atoms with van der Waals surface area (Å²) in [7, 11) is -0.814. The minimum absolute atomic E-state index is 0.0898. The fraction of sp³-hybridized carbons (Fsp3) is 0.500. The normalized spacial score (nSPS) is 12.4. The number of methoxy groups -OCH3 is 1. The van der Waals surface area contributed by atoms with Crippen LogP contribution in [-0.2, 0) is 10.7 Å². The second-order valence-corrected chi connectivity index (χ2v) is 4.91. The van der Waals surface area contributed by atoms with Crippen LogP contribution in [0.25, 0.3) is 0 Å². The van der Waals surface area contributed by atoms with Crippen LogP contribution in [0.2, 0.25) is 0 Å². The number of thiol groups is 1. The maximum Gasteiger partial charge on any atom is 0.161 e. The van der Waals surface area contributed by atoms with E-state index in [0.29, 0.717) is 24.5 Å². The van der Waals surface area contributed by atoms with Gasteiger partial charge in [0.2, 0.25) is 0 Å². The zero-order valence-electron chi connectivity index (χ0n) is 10.6. The van der Waals surface area contributed by atoms with Gasteiger partial charge in [-0.05, 0) is 31.0 Å². The molecule has 0 bridgehead atoms. The highest BCUT2D eigenvalue weighted by Crippen LogP contribution is 2.30. The van der Waals surface area contributed by atoms with E-state index < -0.39 is 10.7 Å². The first-order chi connectivity index (χ1) is 8.58. The van der Waals surface area contributed by atoms with Crippen LogP contribution < -0.4 is 15.2 Å². The third-order valence-electron chi connectivity index (χ3n) is 2.54. The van der Waals surface area contributed by atoms with Crippen LogP contribution in [0.4, 0.5) is 0 Å². The molecule has 1 atom stereocenters. The van der Waals surface area contributed by atoms with Gasteiger partial charge < -0.3 is 15.2 Å². The molecule has 0 heterocycles. The number of nitrogens with two attached hydrogens (primary N) is 1. The Morgan fingerprint density at radius 3 is 2.61 bits per heavy atom. The number of hydrogen-bond donors (Lipinski definition) is 2. The predicted octanol–water partition coefficient (Wildman–Crippen LogP) is 1.10. The molecule has 0 saturated carbocycles. The van der Waals surface area contributed by atoms with E-state index in [1.54, 1.807) is 19.2 Å². The van der Waals surface area contributed by atoms with E-state index >= 15 is 0 Å². The lowest BCUT2D eigenvalue weighted by Crippen LogP contribution is -2.12. The van der Waals surface area contributed by atoms with Crippen LogP contribution in [0.15, 0.2) is 18.2 Å². The van der Waals surface area contributed by atoms with Crippen molar-refractivity contribution >= 4 is 10.7 Å². The summed E-state index contributed by atoms with van der Waals surface area (Å²) in [5.41, 5.74) is 6.78. The standard InChI is InChI=1S/C12H19NO4S/c1-3-17-12-8-9(4-5-11(12)16-2)10(13)6-7-18(14)15/h4-5,8,10,18H,3,6-7,13H2,1-2H3/t10-/m0/s1. The molecule has 0 amide bonds. The number of rotatable bonds is 7. The van der Waals surface area contributed by atoms with Gasteiger partial charge in [0.25, 0.3) is 0 Å². The summed E-state index contributed by atoms with van der Waals surface area (Å²) in [6.07, 6.45) is 0.399. The molecule has 1 aromatic rings. The Morgan fingerprint density at radius 2 is 2.06 bits per heavy atom. The Kier molecular flexibility index (Phi) is 5.94. The minimum atomic E-state index is -2.38. The molecular formula is C12H19NO4S. The van der Waals surface area contributed by atoms with Crippen molar-refractivity contribution in [2.24, 2.45) is 5.73 Å². The average molecular weight is 273 g/mol. The van der Waals surface area contributed by atoms with Crippen molar-refractivity contribution in [3.8, 4) is 11.5 Å². The van der Waals surface area contributed by atoms with E-state index in [2.05, 4.69) is 0 Å². The number of hydrogen-bond acceptors (Lipinski definition) is 5. The van der Waals surface area contributed by atoms with Crippen molar-refractivity contribution in [3.63, 3.8) is 0 Å². The molecule has 6 heteroatoms. The summed E-state index contributed by atoms with van der Waals surface area (Å²) < 4.78 is 31.7. The van der Waals surface area contributed by atoms with Crippen LogP contribution in [0.1, 0.15) is 24.9 Å². The Morgan fingerprint density at radius 1 is 1.33 bits per heavy atom. The van der Waals surface area contributed by atoms with Crippen molar-refractivity contribution in [2.75, 3.05) is 19.5 Å². The van der Waals surface area contributed by atoms with Crippen molar-refractivity contribution in [1.29, 1.82) is 0 Å². The minimum Gasteiger partial charge on any atom is -0.493 e. The van der Waals surface area contributed by atoms with Gasteiger partial charge in [-0.3, -0.25) is 0 Å². The third kappa shape index (κ3) is 4.19. The molecule has 5 nitrogen and oxygen atoms in total. The first-order valence-electron chi connectivity index (χ1n) is 5.76. The quantitative estimate of drug-likeness (QED) is 0.727. The zero-order valence-corrected chi connectivity index (χ0v) is 11.5. The number of benzene rings is 1. The molecule has 0 aliphatic rings. The average Bonchev–Trinajstić information content (AvgIpc) is 2.36. The molecule has 0 saturated heterocycles. The largest absolute Gasteiger partial charge is 0.493 e. The van der Waals surface area contributed by atoms with Gasteiger partial charge in [-0.15, -0.1) is 0 Å². The van der Waals surface area contributed by atoms with Gasteiger partial charge in [-0.25, -0.2) is 8.42 Å². The smallest absolute Gasteiger partial charge is 0.161 e. The van der Waals surface area contributed by atoms with E-state index in [0.717, 1.165) is 5.56 Å². The van der Waals surface area contributed by atoms with Crippen molar-refractivity contribution in [3.05, 3.63) is 23.8 Å². The fourth-order valence-electron chi connectivity index (χ4n) is 1.60. The van der Waals surface area contributed by atoms with Gasteiger partial charge in [-0.1, -0.05) is 6.07 Å². The van der Waals surface area contributed by atoms with Gasteiger partial charge in [-0.2, -0.15) is 0 Å². The molecule has 0 fully saturated rings. The van der Waals surface area contributed by atoms with Crippen molar-refractivity contribution in [2.45, 2.75) is 19.4 Å². The van der Waals surface area contributed by atoms with E-state index in [9.17, 15) is 8.42 Å². The second kappa shape index (κ2) is 7.23. The Hall–Kier alpha value is -1.27. The molecular weight excluding hydrogens is 254 g/mol. The fourth-order valence-corrected chi connectivity index (χ4v) is 2.09. The Labute approximate surface area is 109 Å². The predicted molar refractivity (Wildman–Crippen MR) is 70.9 cm³/mol. The maximum atomic E-state index is 10.5. The third-order valence-corrected chi connectivity index (χ3v) is 3.16. The molecule has 0 aromatic heterocycles. The zero-order chi connectivity index (χ0) is 13.5. The molecule has 0 aliphatic heterocycles. The van der Waals surface area contributed by atoms with Crippen molar-refractivity contribution < 1.29 is 17.9 Å². The van der Waals surface area contributed by atoms with Crippen LogP contribution in [0.3, 0.4) is 0 Å². The molecule has 0 spiro atoms. The molecule has 102 valence electrons. The highest BCUT2D eigenvalue weighted by atomic mass is 32.2. The molecule has 18 heavy (non-hydrogen) atoms. The van der Waals surface area contributed by atoms with E-state index in [4.69, 9.17) is 15.2 Å². The molecule has 0 radical (unpaired) electrons. The SMILES string of the molecule is CCOc1cc([C@@H](N)CC[SH](=O)=O)ccc1OC. The second-order valence-electron chi connectivity index (χ2n) is 3.79. The summed E-state index contributed by atoms with van der Waals surface area (Å²) in [6, 6.07) is 5.08. The molecule has 1 aromatic carbocycles. The van der Waals surface area contributed by atoms with E-state index in [1.807, 2.05) is 13.0 Å². The van der Waals surface area contributed by atoms with E-state index in [1.165, 1.54) is 0 Å². The lowest BCUT2D eigenvalue weighted by molar-refractivity contribution is 0.310. The first kappa shape index (κ1) is 14.8. The lowest BCUT2D eigenvalue weighted by atomic mass is 10.0. The van der Waals surface area contributed by atoms with E-state index in [-0.39, 0.29) is 11.8 Å². The Balaban J connectivity index is 2.85. The summed E-state index contributed by atoms with van der Waals surface area (Å²) in [5.74, 6) is 1.36. The highest BCUT2D eigenvalue weighted by Gasteiger charge is 2.11. The molecule has 2 N–H and O–H groups in total. The molecule has 1 rings (SSSR count). The van der Waals surface area contributed by atoms with Crippen LogP contribution in [0, 0.1) is 0 Å². The van der Waals surface area contributed by atoms with Crippen LogP contribution in [-0.4, -0.2) is 27.9 Å².